The Kier molecular flexibility index (Phi) is 5.80. The van der Waals surface area contributed by atoms with Crippen LogP contribution in [0.1, 0.15) is 64.2 Å². The first-order valence-electron chi connectivity index (χ1n) is 6.85. The molecule has 2 saturated carbocycles. The summed E-state index contributed by atoms with van der Waals surface area (Å²) in [6.07, 6.45) is 12.4. The topological polar surface area (TPSA) is 29.5 Å². The second-order valence-corrected chi connectivity index (χ2v) is 6.69. The van der Waals surface area contributed by atoms with Crippen molar-refractivity contribution in [1.82, 2.24) is 4.31 Å². The Morgan fingerprint density at radius 1 is 0.882 bits per heavy atom. The van der Waals surface area contributed by atoms with Crippen LogP contribution >= 0.6 is 12.9 Å². The molecule has 0 saturated heterocycles. The predicted octanol–water partition coefficient (Wildman–Crippen LogP) is 3.39. The van der Waals surface area contributed by atoms with Gasteiger partial charge in [-0.25, -0.2) is 7.84 Å². The summed E-state index contributed by atoms with van der Waals surface area (Å²) in [6, 6.07) is 0.889. The van der Waals surface area contributed by atoms with Crippen molar-refractivity contribution in [3.05, 3.63) is 0 Å². The first kappa shape index (κ1) is 13.8. The Balaban J connectivity index is 2.02. The zero-order valence-corrected chi connectivity index (χ0v) is 12.1. The standard InChI is InChI=1S/C12H23NO2S2/c14-17(15-16)13(11-7-3-1-4-8-11)12-9-5-2-6-10-12/h11-12,16H,1-10H2/t17-/m0/s1. The van der Waals surface area contributed by atoms with Gasteiger partial charge in [-0.2, -0.15) is 4.31 Å². The number of nitrogens with zero attached hydrogens (tertiary/aromatic N) is 1. The highest BCUT2D eigenvalue weighted by Gasteiger charge is 2.33. The van der Waals surface area contributed by atoms with Gasteiger partial charge in [0, 0.05) is 12.1 Å². The minimum atomic E-state index is -1.36. The predicted molar refractivity (Wildman–Crippen MR) is 73.8 cm³/mol. The van der Waals surface area contributed by atoms with Gasteiger partial charge in [0.25, 0.3) is 0 Å². The molecule has 0 aromatic carbocycles. The van der Waals surface area contributed by atoms with E-state index in [0.717, 1.165) is 0 Å². The van der Waals surface area contributed by atoms with Gasteiger partial charge < -0.3 is 0 Å². The molecule has 17 heavy (non-hydrogen) atoms. The van der Waals surface area contributed by atoms with Crippen LogP contribution in [0.4, 0.5) is 0 Å². The summed E-state index contributed by atoms with van der Waals surface area (Å²) in [5.41, 5.74) is 0. The van der Waals surface area contributed by atoms with Crippen LogP contribution in [0.5, 0.6) is 0 Å². The smallest absolute Gasteiger partial charge is 0.210 e. The molecular formula is C12H23NO2S2. The maximum atomic E-state index is 12.0. The Hall–Kier alpha value is 0.420. The lowest BCUT2D eigenvalue weighted by molar-refractivity contribution is 0.170. The van der Waals surface area contributed by atoms with Gasteiger partial charge >= 0.3 is 0 Å². The average molecular weight is 277 g/mol. The van der Waals surface area contributed by atoms with Gasteiger partial charge in [0.1, 0.15) is 0 Å². The van der Waals surface area contributed by atoms with Crippen LogP contribution < -0.4 is 0 Å². The van der Waals surface area contributed by atoms with Gasteiger partial charge in [-0.1, -0.05) is 38.5 Å². The van der Waals surface area contributed by atoms with E-state index in [1.165, 1.54) is 64.2 Å². The van der Waals surface area contributed by atoms with Gasteiger partial charge in [-0.05, 0) is 38.6 Å². The summed E-state index contributed by atoms with van der Waals surface area (Å²) in [5, 5.41) is 0. The Morgan fingerprint density at radius 3 is 1.65 bits per heavy atom. The second-order valence-electron chi connectivity index (χ2n) is 5.24. The van der Waals surface area contributed by atoms with Crippen molar-refractivity contribution in [2.24, 2.45) is 0 Å². The molecule has 5 heteroatoms. The molecule has 0 spiro atoms. The van der Waals surface area contributed by atoms with Crippen LogP contribution in [-0.2, 0) is 14.9 Å². The van der Waals surface area contributed by atoms with Crippen LogP contribution in [0.15, 0.2) is 0 Å². The van der Waals surface area contributed by atoms with E-state index in [0.29, 0.717) is 12.1 Å². The fourth-order valence-electron chi connectivity index (χ4n) is 3.25. The van der Waals surface area contributed by atoms with Crippen molar-refractivity contribution < 1.29 is 7.84 Å². The van der Waals surface area contributed by atoms with Crippen LogP contribution in [0.2, 0.25) is 0 Å². The molecule has 2 fully saturated rings. The van der Waals surface area contributed by atoms with Crippen molar-refractivity contribution >= 4 is 24.2 Å². The molecule has 0 heterocycles. The first-order valence-corrected chi connectivity index (χ1v) is 8.24. The molecule has 0 aromatic rings. The molecule has 0 amide bonds. The summed E-state index contributed by atoms with van der Waals surface area (Å²) < 4.78 is 19.0. The Labute approximate surface area is 113 Å². The highest BCUT2D eigenvalue weighted by molar-refractivity contribution is 7.90. The third-order valence-electron chi connectivity index (χ3n) is 4.11. The summed E-state index contributed by atoms with van der Waals surface area (Å²) in [6.45, 7) is 0. The fourth-order valence-corrected chi connectivity index (χ4v) is 4.47. The number of hydrogen-bond acceptors (Lipinski definition) is 3. The molecule has 0 bridgehead atoms. The van der Waals surface area contributed by atoms with E-state index < -0.39 is 11.3 Å². The molecule has 0 aliphatic heterocycles. The summed E-state index contributed by atoms with van der Waals surface area (Å²) in [5.74, 6) is 0. The normalized spacial score (nSPS) is 26.2. The van der Waals surface area contributed by atoms with E-state index >= 15 is 0 Å². The summed E-state index contributed by atoms with van der Waals surface area (Å²) in [7, 11) is 0. The zero-order chi connectivity index (χ0) is 12.1. The van der Waals surface area contributed by atoms with Gasteiger partial charge in [0.15, 0.2) is 0 Å². The largest absolute Gasteiger partial charge is 0.249 e. The van der Waals surface area contributed by atoms with E-state index in [9.17, 15) is 4.21 Å². The molecule has 0 unspecified atom stereocenters. The Morgan fingerprint density at radius 2 is 1.29 bits per heavy atom. The van der Waals surface area contributed by atoms with Crippen LogP contribution in [0.3, 0.4) is 0 Å². The summed E-state index contributed by atoms with van der Waals surface area (Å²) >= 11 is 2.39. The number of rotatable bonds is 4. The Bertz CT molecular complexity index is 233. The lowest BCUT2D eigenvalue weighted by Crippen LogP contribution is -2.46. The van der Waals surface area contributed by atoms with E-state index in [4.69, 9.17) is 3.63 Å². The average Bonchev–Trinajstić information content (AvgIpc) is 2.41. The van der Waals surface area contributed by atoms with E-state index in [2.05, 4.69) is 17.2 Å². The fraction of sp³-hybridized carbons (Fsp3) is 1.00. The lowest BCUT2D eigenvalue weighted by Gasteiger charge is -2.38. The van der Waals surface area contributed by atoms with Crippen molar-refractivity contribution in [2.75, 3.05) is 0 Å². The molecule has 2 rings (SSSR count). The van der Waals surface area contributed by atoms with Crippen LogP contribution in [0.25, 0.3) is 0 Å². The molecule has 100 valence electrons. The monoisotopic (exact) mass is 277 g/mol. The van der Waals surface area contributed by atoms with Crippen molar-refractivity contribution in [2.45, 2.75) is 76.3 Å². The SMILES string of the molecule is O=[S@@](OS)N(C1CCCCC1)C1CCCCC1. The molecule has 3 nitrogen and oxygen atoms in total. The van der Waals surface area contributed by atoms with E-state index in [1.54, 1.807) is 0 Å². The maximum Gasteiger partial charge on any atom is 0.249 e. The van der Waals surface area contributed by atoms with Crippen LogP contribution in [-0.4, -0.2) is 20.6 Å². The van der Waals surface area contributed by atoms with Crippen molar-refractivity contribution in [3.8, 4) is 0 Å². The molecule has 2 aliphatic rings. The molecule has 0 aromatic heterocycles. The third-order valence-corrected chi connectivity index (χ3v) is 5.56. The summed E-state index contributed by atoms with van der Waals surface area (Å²) in [4.78, 5) is 0. The second kappa shape index (κ2) is 7.12. The van der Waals surface area contributed by atoms with Crippen LogP contribution in [0, 0.1) is 0 Å². The van der Waals surface area contributed by atoms with Gasteiger partial charge in [-0.3, -0.25) is 0 Å². The van der Waals surface area contributed by atoms with Crippen molar-refractivity contribution in [3.63, 3.8) is 0 Å². The zero-order valence-electron chi connectivity index (χ0n) is 10.3. The highest BCUT2D eigenvalue weighted by Crippen LogP contribution is 2.31. The van der Waals surface area contributed by atoms with Crippen molar-refractivity contribution in [1.29, 1.82) is 0 Å². The molecular weight excluding hydrogens is 254 g/mol. The van der Waals surface area contributed by atoms with Gasteiger partial charge in [0.2, 0.25) is 11.3 Å². The van der Waals surface area contributed by atoms with E-state index in [1.807, 2.05) is 0 Å². The molecule has 0 N–H and O–H groups in total. The number of hydrogen-bond donors (Lipinski definition) is 1. The molecule has 1 atom stereocenters. The lowest BCUT2D eigenvalue weighted by atomic mass is 9.91. The maximum absolute atomic E-state index is 12.0. The van der Waals surface area contributed by atoms with Gasteiger partial charge in [-0.15, -0.1) is 0 Å². The third kappa shape index (κ3) is 3.69. The highest BCUT2D eigenvalue weighted by atomic mass is 32.2. The number of thiol groups is 1. The first-order chi connectivity index (χ1) is 8.33. The molecule has 0 radical (unpaired) electrons. The van der Waals surface area contributed by atoms with Gasteiger partial charge in [0.05, 0.1) is 0 Å². The minimum Gasteiger partial charge on any atom is -0.210 e. The quantitative estimate of drug-likeness (QED) is 0.630. The minimum absolute atomic E-state index is 0.444. The molecule has 2 aliphatic carbocycles. The van der Waals surface area contributed by atoms with E-state index in [-0.39, 0.29) is 0 Å².